The smallest absolute Gasteiger partial charge is 0.0299 e. The van der Waals surface area contributed by atoms with E-state index in [1.807, 2.05) is 18.5 Å². The molecule has 18 heavy (non-hydrogen) atoms. The van der Waals surface area contributed by atoms with Crippen LogP contribution in [0, 0.1) is 0 Å². The van der Waals surface area contributed by atoms with Crippen LogP contribution in [0.15, 0.2) is 24.5 Å². The molecule has 1 unspecified atom stereocenters. The van der Waals surface area contributed by atoms with Crippen molar-refractivity contribution in [2.24, 2.45) is 0 Å². The molecule has 0 amide bonds. The number of hydrogen-bond acceptors (Lipinski definition) is 3. The van der Waals surface area contributed by atoms with Gasteiger partial charge in [0.2, 0.25) is 0 Å². The van der Waals surface area contributed by atoms with Crippen LogP contribution in [-0.4, -0.2) is 53.5 Å². The second kappa shape index (κ2) is 5.81. The lowest BCUT2D eigenvalue weighted by atomic mass is 10.1. The van der Waals surface area contributed by atoms with E-state index in [1.54, 1.807) is 0 Å². The van der Waals surface area contributed by atoms with E-state index in [-0.39, 0.29) is 0 Å². The summed E-state index contributed by atoms with van der Waals surface area (Å²) in [6, 6.07) is 5.08. The Morgan fingerprint density at radius 3 is 3.17 bits per heavy atom. The molecule has 1 aromatic rings. The Labute approximate surface area is 110 Å². The zero-order chi connectivity index (χ0) is 12.2. The SMILES string of the molecule is c1cncc(CCCN2CCN3CCCC3C2)c1. The maximum Gasteiger partial charge on any atom is 0.0299 e. The van der Waals surface area contributed by atoms with Gasteiger partial charge in [-0.1, -0.05) is 6.07 Å². The molecule has 1 atom stereocenters. The van der Waals surface area contributed by atoms with Crippen LogP contribution in [0.2, 0.25) is 0 Å². The molecular weight excluding hydrogens is 222 g/mol. The number of pyridine rings is 1. The third-order valence-corrected chi connectivity index (χ3v) is 4.33. The number of hydrogen-bond donors (Lipinski definition) is 0. The standard InChI is InChI=1S/C15H23N3/c1-4-14(12-16-7-1)5-2-8-17-10-11-18-9-3-6-15(18)13-17/h1,4,7,12,15H,2-3,5-6,8-11,13H2. The summed E-state index contributed by atoms with van der Waals surface area (Å²) in [5.74, 6) is 0. The molecule has 2 saturated heterocycles. The summed E-state index contributed by atoms with van der Waals surface area (Å²) in [5.41, 5.74) is 1.37. The van der Waals surface area contributed by atoms with Gasteiger partial charge in [0.05, 0.1) is 0 Å². The van der Waals surface area contributed by atoms with Gasteiger partial charge < -0.3 is 4.90 Å². The minimum absolute atomic E-state index is 0.858. The fourth-order valence-electron chi connectivity index (χ4n) is 3.31. The normalized spacial score (nSPS) is 25.2. The lowest BCUT2D eigenvalue weighted by molar-refractivity contribution is 0.104. The van der Waals surface area contributed by atoms with Crippen molar-refractivity contribution in [2.45, 2.75) is 31.7 Å². The molecule has 3 rings (SSSR count). The molecule has 2 aliphatic heterocycles. The van der Waals surface area contributed by atoms with Crippen molar-refractivity contribution in [1.82, 2.24) is 14.8 Å². The lowest BCUT2D eigenvalue weighted by Crippen LogP contribution is -2.50. The summed E-state index contributed by atoms with van der Waals surface area (Å²) in [5, 5.41) is 0. The van der Waals surface area contributed by atoms with Gasteiger partial charge >= 0.3 is 0 Å². The average molecular weight is 245 g/mol. The first-order valence-corrected chi connectivity index (χ1v) is 7.27. The Bertz CT molecular complexity index is 365. The monoisotopic (exact) mass is 245 g/mol. The van der Waals surface area contributed by atoms with Crippen LogP contribution in [0.1, 0.15) is 24.8 Å². The zero-order valence-electron chi connectivity index (χ0n) is 11.1. The van der Waals surface area contributed by atoms with Gasteiger partial charge in [0.15, 0.2) is 0 Å². The van der Waals surface area contributed by atoms with E-state index in [9.17, 15) is 0 Å². The van der Waals surface area contributed by atoms with Gasteiger partial charge in [0.1, 0.15) is 0 Å². The van der Waals surface area contributed by atoms with E-state index in [0.29, 0.717) is 0 Å². The molecule has 0 N–H and O–H groups in total. The molecule has 2 aliphatic rings. The van der Waals surface area contributed by atoms with Gasteiger partial charge in [0, 0.05) is 38.1 Å². The van der Waals surface area contributed by atoms with Crippen LogP contribution in [0.5, 0.6) is 0 Å². The van der Waals surface area contributed by atoms with Crippen molar-refractivity contribution < 1.29 is 0 Å². The van der Waals surface area contributed by atoms with Crippen molar-refractivity contribution >= 4 is 0 Å². The van der Waals surface area contributed by atoms with Crippen molar-refractivity contribution in [3.05, 3.63) is 30.1 Å². The van der Waals surface area contributed by atoms with E-state index >= 15 is 0 Å². The topological polar surface area (TPSA) is 19.4 Å². The van der Waals surface area contributed by atoms with Crippen LogP contribution >= 0.6 is 0 Å². The number of aromatic nitrogens is 1. The predicted molar refractivity (Wildman–Crippen MR) is 73.6 cm³/mol. The zero-order valence-corrected chi connectivity index (χ0v) is 11.1. The average Bonchev–Trinajstić information content (AvgIpc) is 2.87. The van der Waals surface area contributed by atoms with Gasteiger partial charge in [-0.15, -0.1) is 0 Å². The first kappa shape index (κ1) is 12.1. The second-order valence-corrected chi connectivity index (χ2v) is 5.60. The summed E-state index contributed by atoms with van der Waals surface area (Å²) in [4.78, 5) is 9.51. The fourth-order valence-corrected chi connectivity index (χ4v) is 3.31. The lowest BCUT2D eigenvalue weighted by Gasteiger charge is -2.37. The number of fused-ring (bicyclic) bond motifs is 1. The van der Waals surface area contributed by atoms with Gasteiger partial charge in [0.25, 0.3) is 0 Å². The molecule has 98 valence electrons. The molecule has 0 aromatic carbocycles. The van der Waals surface area contributed by atoms with Gasteiger partial charge in [-0.05, 0) is 50.4 Å². The van der Waals surface area contributed by atoms with E-state index < -0.39 is 0 Å². The van der Waals surface area contributed by atoms with E-state index in [1.165, 1.54) is 64.0 Å². The van der Waals surface area contributed by atoms with Gasteiger partial charge in [-0.25, -0.2) is 0 Å². The molecule has 0 saturated carbocycles. The van der Waals surface area contributed by atoms with Crippen LogP contribution in [0.25, 0.3) is 0 Å². The molecule has 0 radical (unpaired) electrons. The summed E-state index contributed by atoms with van der Waals surface area (Å²) in [7, 11) is 0. The highest BCUT2D eigenvalue weighted by molar-refractivity contribution is 5.08. The molecule has 3 heteroatoms. The second-order valence-electron chi connectivity index (χ2n) is 5.60. The number of nitrogens with zero attached hydrogens (tertiary/aromatic N) is 3. The van der Waals surface area contributed by atoms with Crippen molar-refractivity contribution in [3.63, 3.8) is 0 Å². The predicted octanol–water partition coefficient (Wildman–Crippen LogP) is 1.79. The third kappa shape index (κ3) is 2.90. The van der Waals surface area contributed by atoms with E-state index in [2.05, 4.69) is 20.9 Å². The maximum atomic E-state index is 4.17. The first-order valence-electron chi connectivity index (χ1n) is 7.27. The largest absolute Gasteiger partial charge is 0.301 e. The molecule has 0 aliphatic carbocycles. The minimum Gasteiger partial charge on any atom is -0.301 e. The Morgan fingerprint density at radius 2 is 2.28 bits per heavy atom. The Balaban J connectivity index is 1.41. The first-order chi connectivity index (χ1) is 8.92. The van der Waals surface area contributed by atoms with Gasteiger partial charge in [-0.3, -0.25) is 9.88 Å². The van der Waals surface area contributed by atoms with Crippen LogP contribution in [0.4, 0.5) is 0 Å². The number of piperazine rings is 1. The van der Waals surface area contributed by atoms with E-state index in [4.69, 9.17) is 0 Å². The van der Waals surface area contributed by atoms with E-state index in [0.717, 1.165) is 6.04 Å². The highest BCUT2D eigenvalue weighted by Crippen LogP contribution is 2.21. The molecule has 0 bridgehead atoms. The summed E-state index contributed by atoms with van der Waals surface area (Å²) in [6.07, 6.45) is 9.10. The quantitative estimate of drug-likeness (QED) is 0.806. The van der Waals surface area contributed by atoms with Crippen LogP contribution in [-0.2, 0) is 6.42 Å². The van der Waals surface area contributed by atoms with Crippen molar-refractivity contribution in [3.8, 4) is 0 Å². The third-order valence-electron chi connectivity index (χ3n) is 4.33. The molecule has 1 aromatic heterocycles. The Hall–Kier alpha value is -0.930. The molecular formula is C15H23N3. The van der Waals surface area contributed by atoms with Gasteiger partial charge in [-0.2, -0.15) is 0 Å². The van der Waals surface area contributed by atoms with Crippen LogP contribution in [0.3, 0.4) is 0 Å². The maximum absolute atomic E-state index is 4.17. The summed E-state index contributed by atoms with van der Waals surface area (Å²) >= 11 is 0. The Morgan fingerprint density at radius 1 is 1.28 bits per heavy atom. The Kier molecular flexibility index (Phi) is 3.91. The summed E-state index contributed by atoms with van der Waals surface area (Å²) in [6.45, 7) is 6.45. The fraction of sp³-hybridized carbons (Fsp3) is 0.667. The molecule has 0 spiro atoms. The van der Waals surface area contributed by atoms with Crippen LogP contribution < -0.4 is 0 Å². The summed E-state index contributed by atoms with van der Waals surface area (Å²) < 4.78 is 0. The highest BCUT2D eigenvalue weighted by atomic mass is 15.3. The minimum atomic E-state index is 0.858. The van der Waals surface area contributed by atoms with Crippen molar-refractivity contribution in [1.29, 1.82) is 0 Å². The van der Waals surface area contributed by atoms with Crippen molar-refractivity contribution in [2.75, 3.05) is 32.7 Å². The highest BCUT2D eigenvalue weighted by Gasteiger charge is 2.29. The molecule has 2 fully saturated rings. The number of rotatable bonds is 4. The molecule has 3 nitrogen and oxygen atoms in total. The molecule has 3 heterocycles. The number of aryl methyl sites for hydroxylation is 1.